The van der Waals surface area contributed by atoms with E-state index >= 15 is 0 Å². The Morgan fingerprint density at radius 3 is 2.32 bits per heavy atom. The Bertz CT molecular complexity index is 544. The number of amides is 2. The third-order valence-electron chi connectivity index (χ3n) is 3.30. The first-order chi connectivity index (χ1) is 9.17. The molecular formula is C14H14N4O. The highest BCUT2D eigenvalue weighted by molar-refractivity contribution is 5.90. The van der Waals surface area contributed by atoms with Crippen molar-refractivity contribution in [2.24, 2.45) is 0 Å². The van der Waals surface area contributed by atoms with Gasteiger partial charge in [0.15, 0.2) is 0 Å². The second-order valence-corrected chi connectivity index (χ2v) is 4.67. The van der Waals surface area contributed by atoms with Crippen LogP contribution in [0.2, 0.25) is 0 Å². The van der Waals surface area contributed by atoms with E-state index in [9.17, 15) is 10.1 Å². The Morgan fingerprint density at radius 1 is 1.16 bits per heavy atom. The van der Waals surface area contributed by atoms with E-state index in [-0.39, 0.29) is 6.03 Å². The number of nitrogens with zero attached hydrogens (tertiary/aromatic N) is 2. The van der Waals surface area contributed by atoms with Crippen molar-refractivity contribution < 1.29 is 4.79 Å². The topological polar surface area (TPSA) is 88.7 Å². The summed E-state index contributed by atoms with van der Waals surface area (Å²) in [6.45, 7) is 0. The van der Waals surface area contributed by atoms with Crippen molar-refractivity contribution in [3.8, 4) is 12.1 Å². The molecule has 19 heavy (non-hydrogen) atoms. The molecule has 2 N–H and O–H groups in total. The van der Waals surface area contributed by atoms with Gasteiger partial charge >= 0.3 is 6.03 Å². The second kappa shape index (κ2) is 5.41. The van der Waals surface area contributed by atoms with Gasteiger partial charge in [-0.2, -0.15) is 10.5 Å². The van der Waals surface area contributed by atoms with Crippen LogP contribution in [0.4, 0.5) is 10.5 Å². The van der Waals surface area contributed by atoms with E-state index in [1.807, 2.05) is 6.07 Å². The molecule has 0 saturated heterocycles. The number of urea groups is 1. The van der Waals surface area contributed by atoms with Gasteiger partial charge in [-0.3, -0.25) is 0 Å². The van der Waals surface area contributed by atoms with E-state index in [4.69, 9.17) is 5.26 Å². The molecule has 0 heterocycles. The number of benzene rings is 1. The number of hydrogen-bond donors (Lipinski definition) is 2. The van der Waals surface area contributed by atoms with Crippen LogP contribution < -0.4 is 10.6 Å². The van der Waals surface area contributed by atoms with Crippen LogP contribution in [0.15, 0.2) is 24.3 Å². The molecule has 2 rings (SSSR count). The molecule has 0 unspecified atom stereocenters. The minimum atomic E-state index is -0.726. The highest BCUT2D eigenvalue weighted by atomic mass is 16.2. The van der Waals surface area contributed by atoms with Crippen molar-refractivity contribution in [3.63, 3.8) is 0 Å². The first-order valence-corrected chi connectivity index (χ1v) is 6.18. The van der Waals surface area contributed by atoms with E-state index in [0.717, 1.165) is 12.8 Å². The molecule has 5 nitrogen and oxygen atoms in total. The molecule has 5 heteroatoms. The Morgan fingerprint density at radius 2 is 1.79 bits per heavy atom. The van der Waals surface area contributed by atoms with Gasteiger partial charge in [0, 0.05) is 5.69 Å². The molecule has 1 saturated carbocycles. The molecule has 0 spiro atoms. The molecule has 0 bridgehead atoms. The van der Waals surface area contributed by atoms with Gasteiger partial charge in [-0.25, -0.2) is 4.79 Å². The molecule has 0 atom stereocenters. The third kappa shape index (κ3) is 3.02. The fraction of sp³-hybridized carbons (Fsp3) is 0.357. The van der Waals surface area contributed by atoms with Crippen molar-refractivity contribution in [2.75, 3.05) is 5.32 Å². The number of hydrogen-bond acceptors (Lipinski definition) is 3. The molecule has 1 aromatic carbocycles. The molecule has 0 aliphatic heterocycles. The maximum absolute atomic E-state index is 11.8. The summed E-state index contributed by atoms with van der Waals surface area (Å²) in [5.41, 5.74) is 0.411. The van der Waals surface area contributed by atoms with Crippen molar-refractivity contribution in [3.05, 3.63) is 29.8 Å². The molecule has 96 valence electrons. The highest BCUT2D eigenvalue weighted by Crippen LogP contribution is 2.28. The van der Waals surface area contributed by atoms with Crippen molar-refractivity contribution in [2.45, 2.75) is 31.2 Å². The van der Waals surface area contributed by atoms with Crippen molar-refractivity contribution in [1.82, 2.24) is 5.32 Å². The summed E-state index contributed by atoms with van der Waals surface area (Å²) in [5.74, 6) is 0. The lowest BCUT2D eigenvalue weighted by Gasteiger charge is -2.22. The van der Waals surface area contributed by atoms with Gasteiger partial charge in [-0.1, -0.05) is 0 Å². The van der Waals surface area contributed by atoms with Gasteiger partial charge in [0.25, 0.3) is 0 Å². The van der Waals surface area contributed by atoms with Crippen LogP contribution in [0, 0.1) is 22.7 Å². The first-order valence-electron chi connectivity index (χ1n) is 6.18. The first kappa shape index (κ1) is 12.9. The zero-order valence-corrected chi connectivity index (χ0v) is 10.4. The molecule has 2 amide bonds. The summed E-state index contributed by atoms with van der Waals surface area (Å²) in [7, 11) is 0. The second-order valence-electron chi connectivity index (χ2n) is 4.67. The quantitative estimate of drug-likeness (QED) is 0.849. The summed E-state index contributed by atoms with van der Waals surface area (Å²) in [6.07, 6.45) is 3.32. The highest BCUT2D eigenvalue weighted by Gasteiger charge is 2.35. The van der Waals surface area contributed by atoms with Crippen LogP contribution in [0.25, 0.3) is 0 Å². The molecule has 1 aliphatic carbocycles. The summed E-state index contributed by atoms with van der Waals surface area (Å²) in [5, 5.41) is 23.3. The van der Waals surface area contributed by atoms with E-state index < -0.39 is 5.54 Å². The van der Waals surface area contributed by atoms with E-state index in [2.05, 4.69) is 16.7 Å². The van der Waals surface area contributed by atoms with E-state index in [1.165, 1.54) is 0 Å². The van der Waals surface area contributed by atoms with E-state index in [1.54, 1.807) is 24.3 Å². The SMILES string of the molecule is N#Cc1ccc(NC(=O)NC2(C#N)CCCC2)cc1. The maximum Gasteiger partial charge on any atom is 0.320 e. The Hall–Kier alpha value is -2.53. The van der Waals surface area contributed by atoms with Crippen LogP contribution in [-0.2, 0) is 0 Å². The number of rotatable bonds is 2. The standard InChI is InChI=1S/C14H14N4O/c15-9-11-3-5-12(6-4-11)17-13(19)18-14(10-16)7-1-2-8-14/h3-6H,1-2,7-8H2,(H2,17,18,19). The summed E-state index contributed by atoms with van der Waals surface area (Å²) >= 11 is 0. The zero-order chi connectivity index (χ0) is 13.7. The summed E-state index contributed by atoms with van der Waals surface area (Å²) in [4.78, 5) is 11.8. The molecule has 1 aliphatic rings. The van der Waals surface area contributed by atoms with Gasteiger partial charge in [-0.15, -0.1) is 0 Å². The fourth-order valence-electron chi connectivity index (χ4n) is 2.25. The Kier molecular flexibility index (Phi) is 3.68. The lowest BCUT2D eigenvalue weighted by Crippen LogP contribution is -2.47. The van der Waals surface area contributed by atoms with Crippen LogP contribution in [0.5, 0.6) is 0 Å². The van der Waals surface area contributed by atoms with Crippen LogP contribution in [0.3, 0.4) is 0 Å². The smallest absolute Gasteiger partial charge is 0.319 e. The van der Waals surface area contributed by atoms with Gasteiger partial charge in [0.05, 0.1) is 17.7 Å². The number of carbonyl (C=O) groups excluding carboxylic acids is 1. The number of nitrogens with one attached hydrogen (secondary N) is 2. The predicted molar refractivity (Wildman–Crippen MR) is 70.1 cm³/mol. The van der Waals surface area contributed by atoms with Gasteiger partial charge in [0.1, 0.15) is 5.54 Å². The average Bonchev–Trinajstić information content (AvgIpc) is 2.88. The van der Waals surface area contributed by atoms with E-state index in [0.29, 0.717) is 24.1 Å². The number of carbonyl (C=O) groups is 1. The molecule has 1 fully saturated rings. The van der Waals surface area contributed by atoms with Crippen LogP contribution >= 0.6 is 0 Å². The lowest BCUT2D eigenvalue weighted by atomic mass is 10.0. The fourth-order valence-corrected chi connectivity index (χ4v) is 2.25. The van der Waals surface area contributed by atoms with Gasteiger partial charge in [0.2, 0.25) is 0 Å². The molecule has 0 aromatic heterocycles. The van der Waals surface area contributed by atoms with Gasteiger partial charge in [-0.05, 0) is 49.9 Å². The monoisotopic (exact) mass is 254 g/mol. The third-order valence-corrected chi connectivity index (χ3v) is 3.30. The van der Waals surface area contributed by atoms with Gasteiger partial charge < -0.3 is 10.6 Å². The predicted octanol–water partition coefficient (Wildman–Crippen LogP) is 2.52. The number of anilines is 1. The minimum absolute atomic E-state index is 0.381. The molecule has 1 aromatic rings. The zero-order valence-electron chi connectivity index (χ0n) is 10.4. The van der Waals surface area contributed by atoms with Crippen LogP contribution in [0.1, 0.15) is 31.2 Å². The Balaban J connectivity index is 1.97. The summed E-state index contributed by atoms with van der Waals surface area (Å²) in [6, 6.07) is 10.4. The Labute approximate surface area is 111 Å². The largest absolute Gasteiger partial charge is 0.320 e. The van der Waals surface area contributed by atoms with Crippen LogP contribution in [-0.4, -0.2) is 11.6 Å². The maximum atomic E-state index is 11.8. The molecule has 0 radical (unpaired) electrons. The minimum Gasteiger partial charge on any atom is -0.319 e. The number of nitriles is 2. The lowest BCUT2D eigenvalue weighted by molar-refractivity contribution is 0.244. The normalized spacial score (nSPS) is 16.1. The van der Waals surface area contributed by atoms with Crippen molar-refractivity contribution >= 4 is 11.7 Å². The molecular weight excluding hydrogens is 240 g/mol. The summed E-state index contributed by atoms with van der Waals surface area (Å²) < 4.78 is 0. The average molecular weight is 254 g/mol. The van der Waals surface area contributed by atoms with Crippen molar-refractivity contribution in [1.29, 1.82) is 10.5 Å².